The Hall–Kier alpha value is -2.54. The largest absolute Gasteiger partial charge is 0.495 e. The second-order valence-electron chi connectivity index (χ2n) is 6.17. The van der Waals surface area contributed by atoms with Crippen LogP contribution in [0.5, 0.6) is 5.75 Å². The van der Waals surface area contributed by atoms with Crippen molar-refractivity contribution in [3.05, 3.63) is 48.5 Å². The predicted octanol–water partition coefficient (Wildman–Crippen LogP) is 3.90. The number of para-hydroxylation sites is 1. The van der Waals surface area contributed by atoms with Crippen LogP contribution in [0, 0.1) is 5.92 Å². The van der Waals surface area contributed by atoms with E-state index in [1.807, 2.05) is 19.9 Å². The van der Waals surface area contributed by atoms with E-state index in [0.717, 1.165) is 0 Å². The lowest BCUT2D eigenvalue weighted by Gasteiger charge is -2.23. The number of hydrogen-bond acceptors (Lipinski definition) is 4. The van der Waals surface area contributed by atoms with Crippen molar-refractivity contribution in [2.75, 3.05) is 23.3 Å². The predicted molar refractivity (Wildman–Crippen MR) is 108 cm³/mol. The average molecular weight is 391 g/mol. The van der Waals surface area contributed by atoms with Gasteiger partial charge in [-0.15, -0.1) is 0 Å². The lowest BCUT2D eigenvalue weighted by atomic mass is 10.1. The van der Waals surface area contributed by atoms with Crippen molar-refractivity contribution in [3.8, 4) is 5.75 Å². The van der Waals surface area contributed by atoms with Gasteiger partial charge in [0.05, 0.1) is 23.4 Å². The van der Waals surface area contributed by atoms with E-state index in [9.17, 15) is 13.2 Å². The SMILES string of the molecule is CCC(C)C(=O)Nc1cc(S(=O)(=O)N(CC)c2ccccc2)ccc1OC. The highest BCUT2D eigenvalue weighted by Crippen LogP contribution is 2.31. The van der Waals surface area contributed by atoms with E-state index in [0.29, 0.717) is 23.5 Å². The van der Waals surface area contributed by atoms with Gasteiger partial charge < -0.3 is 10.1 Å². The Kier molecular flexibility index (Phi) is 6.85. The van der Waals surface area contributed by atoms with Gasteiger partial charge in [0.1, 0.15) is 5.75 Å². The summed E-state index contributed by atoms with van der Waals surface area (Å²) in [7, 11) is -2.31. The fraction of sp³-hybridized carbons (Fsp3) is 0.350. The van der Waals surface area contributed by atoms with Crippen LogP contribution in [0.2, 0.25) is 0 Å². The van der Waals surface area contributed by atoms with Gasteiger partial charge in [-0.05, 0) is 43.7 Å². The van der Waals surface area contributed by atoms with Crippen LogP contribution in [0.1, 0.15) is 27.2 Å². The molecule has 6 nitrogen and oxygen atoms in total. The number of amides is 1. The summed E-state index contributed by atoms with van der Waals surface area (Å²) in [5.41, 5.74) is 0.925. The molecule has 0 radical (unpaired) electrons. The summed E-state index contributed by atoms with van der Waals surface area (Å²) in [6.07, 6.45) is 0.684. The summed E-state index contributed by atoms with van der Waals surface area (Å²) in [5, 5.41) is 2.77. The number of benzene rings is 2. The van der Waals surface area contributed by atoms with E-state index >= 15 is 0 Å². The molecule has 1 unspecified atom stereocenters. The first-order valence-corrected chi connectivity index (χ1v) is 10.4. The Morgan fingerprint density at radius 2 is 1.81 bits per heavy atom. The molecule has 0 aliphatic rings. The van der Waals surface area contributed by atoms with E-state index in [1.54, 1.807) is 37.3 Å². The van der Waals surface area contributed by atoms with Gasteiger partial charge in [-0.1, -0.05) is 32.0 Å². The normalized spacial score (nSPS) is 12.3. The zero-order valence-corrected chi connectivity index (χ0v) is 16.9. The summed E-state index contributed by atoms with van der Waals surface area (Å²) in [6.45, 7) is 5.80. The van der Waals surface area contributed by atoms with Crippen LogP contribution in [0.25, 0.3) is 0 Å². The van der Waals surface area contributed by atoms with Gasteiger partial charge in [0.15, 0.2) is 0 Å². The van der Waals surface area contributed by atoms with Gasteiger partial charge in [0, 0.05) is 12.5 Å². The second-order valence-corrected chi connectivity index (χ2v) is 8.03. The van der Waals surface area contributed by atoms with Crippen LogP contribution in [-0.2, 0) is 14.8 Å². The number of nitrogens with zero attached hydrogens (tertiary/aromatic N) is 1. The number of rotatable bonds is 8. The fourth-order valence-corrected chi connectivity index (χ4v) is 4.10. The highest BCUT2D eigenvalue weighted by atomic mass is 32.2. The third-order valence-corrected chi connectivity index (χ3v) is 6.31. The number of ether oxygens (including phenoxy) is 1. The van der Waals surface area contributed by atoms with Crippen LogP contribution < -0.4 is 14.4 Å². The van der Waals surface area contributed by atoms with Crippen molar-refractivity contribution in [1.29, 1.82) is 0 Å². The number of anilines is 2. The molecule has 1 N–H and O–H groups in total. The molecule has 0 bridgehead atoms. The summed E-state index contributed by atoms with van der Waals surface area (Å²) < 4.78 is 32.9. The molecule has 0 aromatic heterocycles. The van der Waals surface area contributed by atoms with Crippen molar-refractivity contribution >= 4 is 27.3 Å². The van der Waals surface area contributed by atoms with E-state index in [2.05, 4.69) is 5.32 Å². The molecule has 27 heavy (non-hydrogen) atoms. The summed E-state index contributed by atoms with van der Waals surface area (Å²) >= 11 is 0. The Labute approximate surface area is 161 Å². The topological polar surface area (TPSA) is 75.7 Å². The van der Waals surface area contributed by atoms with Crippen LogP contribution in [0.4, 0.5) is 11.4 Å². The molecular formula is C20H26N2O4S. The van der Waals surface area contributed by atoms with Gasteiger partial charge in [0.25, 0.3) is 10.0 Å². The fourth-order valence-electron chi connectivity index (χ4n) is 2.60. The van der Waals surface area contributed by atoms with E-state index in [-0.39, 0.29) is 23.3 Å². The van der Waals surface area contributed by atoms with E-state index < -0.39 is 10.0 Å². The molecule has 2 aromatic carbocycles. The number of carbonyl (C=O) groups is 1. The van der Waals surface area contributed by atoms with Gasteiger partial charge in [-0.2, -0.15) is 0 Å². The van der Waals surface area contributed by atoms with Crippen molar-refractivity contribution in [1.82, 2.24) is 0 Å². The Balaban J connectivity index is 2.45. The zero-order chi connectivity index (χ0) is 20.0. The van der Waals surface area contributed by atoms with Gasteiger partial charge in [0.2, 0.25) is 5.91 Å². The molecule has 0 aliphatic carbocycles. The van der Waals surface area contributed by atoms with Gasteiger partial charge >= 0.3 is 0 Å². The van der Waals surface area contributed by atoms with Gasteiger partial charge in [-0.3, -0.25) is 9.10 Å². The molecule has 0 saturated carbocycles. The number of sulfonamides is 1. The zero-order valence-electron chi connectivity index (χ0n) is 16.1. The minimum absolute atomic E-state index is 0.0912. The molecule has 0 saturated heterocycles. The smallest absolute Gasteiger partial charge is 0.264 e. The van der Waals surface area contributed by atoms with Crippen molar-refractivity contribution in [2.45, 2.75) is 32.1 Å². The summed E-state index contributed by atoms with van der Waals surface area (Å²) in [5.74, 6) is 0.0422. The Morgan fingerprint density at radius 1 is 1.15 bits per heavy atom. The molecule has 1 amide bonds. The molecule has 2 aromatic rings. The maximum absolute atomic E-state index is 13.2. The first-order chi connectivity index (χ1) is 12.8. The minimum Gasteiger partial charge on any atom is -0.495 e. The van der Waals surface area contributed by atoms with Gasteiger partial charge in [-0.25, -0.2) is 8.42 Å². The Bertz CT molecular complexity index is 882. The van der Waals surface area contributed by atoms with Crippen LogP contribution in [0.15, 0.2) is 53.4 Å². The van der Waals surface area contributed by atoms with Crippen molar-refractivity contribution in [3.63, 3.8) is 0 Å². The number of nitrogens with one attached hydrogen (secondary N) is 1. The quantitative estimate of drug-likeness (QED) is 0.742. The first kappa shape index (κ1) is 20.8. The maximum atomic E-state index is 13.2. The van der Waals surface area contributed by atoms with E-state index in [4.69, 9.17) is 4.74 Å². The monoisotopic (exact) mass is 390 g/mol. The highest BCUT2D eigenvalue weighted by molar-refractivity contribution is 7.92. The second kappa shape index (κ2) is 8.90. The molecule has 2 rings (SSSR count). The molecule has 0 fully saturated rings. The number of methoxy groups -OCH3 is 1. The molecule has 1 atom stereocenters. The molecule has 0 aliphatic heterocycles. The van der Waals surface area contributed by atoms with Crippen LogP contribution in [0.3, 0.4) is 0 Å². The summed E-state index contributed by atoms with van der Waals surface area (Å²) in [6, 6.07) is 13.4. The lowest BCUT2D eigenvalue weighted by molar-refractivity contribution is -0.119. The van der Waals surface area contributed by atoms with Crippen LogP contribution in [-0.4, -0.2) is 28.0 Å². The average Bonchev–Trinajstić information content (AvgIpc) is 2.68. The molecule has 146 valence electrons. The van der Waals surface area contributed by atoms with Crippen LogP contribution >= 0.6 is 0 Å². The number of hydrogen-bond donors (Lipinski definition) is 1. The molecular weight excluding hydrogens is 364 g/mol. The third-order valence-electron chi connectivity index (χ3n) is 4.41. The molecule has 7 heteroatoms. The molecule has 0 heterocycles. The third kappa shape index (κ3) is 4.60. The first-order valence-electron chi connectivity index (χ1n) is 8.91. The number of carbonyl (C=O) groups excluding carboxylic acids is 1. The van der Waals surface area contributed by atoms with E-state index in [1.165, 1.54) is 23.5 Å². The summed E-state index contributed by atoms with van der Waals surface area (Å²) in [4.78, 5) is 12.3. The highest BCUT2D eigenvalue weighted by Gasteiger charge is 2.25. The van der Waals surface area contributed by atoms with Crippen molar-refractivity contribution < 1.29 is 17.9 Å². The standard InChI is InChI=1S/C20H26N2O4S/c1-5-15(3)20(23)21-18-14-17(12-13-19(18)26-4)27(24,25)22(6-2)16-10-8-7-9-11-16/h7-15H,5-6H2,1-4H3,(H,21,23). The lowest BCUT2D eigenvalue weighted by Crippen LogP contribution is -2.30. The Morgan fingerprint density at radius 3 is 2.37 bits per heavy atom. The minimum atomic E-state index is -3.79. The molecule has 0 spiro atoms. The maximum Gasteiger partial charge on any atom is 0.264 e. The van der Waals surface area contributed by atoms with Crippen molar-refractivity contribution in [2.24, 2.45) is 5.92 Å².